The van der Waals surface area contributed by atoms with Gasteiger partial charge in [0.15, 0.2) is 0 Å². The molecule has 0 aliphatic heterocycles. The quantitative estimate of drug-likeness (QED) is 0.327. The van der Waals surface area contributed by atoms with Gasteiger partial charge in [0.05, 0.1) is 0 Å². The molecule has 0 rings (SSSR count). The third-order valence-corrected chi connectivity index (χ3v) is 3.46. The standard InChI is InChI=1S/C16H34.C3H9N.ClH/c1-3-5-7-9-11-13-15-16-14-12-10-8-6-4-2;1-4(2)3;/h3-16H2,1-2H3;1-3H3;1H. The number of rotatable bonds is 13. The zero-order valence-electron chi connectivity index (χ0n) is 15.8. The van der Waals surface area contributed by atoms with E-state index in [9.17, 15) is 0 Å². The van der Waals surface area contributed by atoms with Gasteiger partial charge in [0.1, 0.15) is 0 Å². The Morgan fingerprint density at radius 2 is 0.571 bits per heavy atom. The number of hydrogen-bond donors (Lipinski definition) is 0. The summed E-state index contributed by atoms with van der Waals surface area (Å²) in [7, 11) is 6.00. The molecule has 0 aliphatic carbocycles. The lowest BCUT2D eigenvalue weighted by Gasteiger charge is -2.02. The average Bonchev–Trinajstić information content (AvgIpc) is 2.39. The van der Waals surface area contributed by atoms with Gasteiger partial charge >= 0.3 is 0 Å². The molecule has 0 unspecified atom stereocenters. The molecule has 0 aromatic heterocycles. The van der Waals surface area contributed by atoms with E-state index in [2.05, 4.69) is 13.8 Å². The smallest absolute Gasteiger partial charge is 0.0140 e. The molecule has 0 spiro atoms. The van der Waals surface area contributed by atoms with Gasteiger partial charge in [-0.2, -0.15) is 0 Å². The molecule has 1 nitrogen and oxygen atoms in total. The van der Waals surface area contributed by atoms with Crippen molar-refractivity contribution < 1.29 is 0 Å². The summed E-state index contributed by atoms with van der Waals surface area (Å²) in [5, 5.41) is 0. The van der Waals surface area contributed by atoms with E-state index in [4.69, 9.17) is 0 Å². The number of hydrogen-bond acceptors (Lipinski definition) is 1. The van der Waals surface area contributed by atoms with E-state index in [-0.39, 0.29) is 12.4 Å². The average molecular weight is 322 g/mol. The number of unbranched alkanes of at least 4 members (excludes halogenated alkanes) is 13. The molecule has 0 aliphatic rings. The van der Waals surface area contributed by atoms with Gasteiger partial charge < -0.3 is 4.90 Å². The van der Waals surface area contributed by atoms with Gasteiger partial charge in [-0.05, 0) is 21.1 Å². The van der Waals surface area contributed by atoms with Crippen molar-refractivity contribution >= 4 is 12.4 Å². The molecule has 0 aromatic rings. The van der Waals surface area contributed by atoms with Crippen LogP contribution in [0, 0.1) is 0 Å². The van der Waals surface area contributed by atoms with Gasteiger partial charge in [-0.15, -0.1) is 12.4 Å². The summed E-state index contributed by atoms with van der Waals surface area (Å²) in [6, 6.07) is 0. The van der Waals surface area contributed by atoms with Gasteiger partial charge in [-0.3, -0.25) is 0 Å². The molecule has 0 heterocycles. The van der Waals surface area contributed by atoms with Crippen molar-refractivity contribution in [3.63, 3.8) is 0 Å². The lowest BCUT2D eigenvalue weighted by atomic mass is 10.0. The molecule has 2 heteroatoms. The molecule has 0 amide bonds. The Balaban J connectivity index is -0.000000572. The van der Waals surface area contributed by atoms with Crippen molar-refractivity contribution in [2.45, 2.75) is 104 Å². The fourth-order valence-electron chi connectivity index (χ4n) is 2.27. The predicted molar refractivity (Wildman–Crippen MR) is 103 cm³/mol. The fraction of sp³-hybridized carbons (Fsp3) is 1.00. The first-order valence-corrected chi connectivity index (χ1v) is 9.26. The van der Waals surface area contributed by atoms with Crippen LogP contribution in [0.1, 0.15) is 104 Å². The molecular formula is C19H44ClN. The molecule has 0 fully saturated rings. The summed E-state index contributed by atoms with van der Waals surface area (Å²) in [4.78, 5) is 2.00. The first-order chi connectivity index (χ1) is 9.65. The van der Waals surface area contributed by atoms with E-state index < -0.39 is 0 Å². The van der Waals surface area contributed by atoms with Crippen LogP contribution in [0.2, 0.25) is 0 Å². The zero-order valence-corrected chi connectivity index (χ0v) is 16.6. The first kappa shape index (κ1) is 26.2. The van der Waals surface area contributed by atoms with Gasteiger partial charge in [0.25, 0.3) is 0 Å². The van der Waals surface area contributed by atoms with E-state index in [1.807, 2.05) is 26.0 Å². The minimum absolute atomic E-state index is 0. The van der Waals surface area contributed by atoms with Crippen LogP contribution < -0.4 is 0 Å². The maximum absolute atomic E-state index is 2.29. The summed E-state index contributed by atoms with van der Waals surface area (Å²) in [5.41, 5.74) is 0. The number of halogens is 1. The molecular weight excluding hydrogens is 278 g/mol. The Morgan fingerprint density at radius 1 is 0.429 bits per heavy atom. The van der Waals surface area contributed by atoms with Crippen LogP contribution in [-0.4, -0.2) is 26.0 Å². The Kier molecular flexibility index (Phi) is 31.4. The number of nitrogens with zero attached hydrogens (tertiary/aromatic N) is 1. The summed E-state index contributed by atoms with van der Waals surface area (Å²) < 4.78 is 0. The third kappa shape index (κ3) is 38.4. The molecule has 0 saturated heterocycles. The monoisotopic (exact) mass is 321 g/mol. The highest BCUT2D eigenvalue weighted by Gasteiger charge is 1.92. The molecule has 0 N–H and O–H groups in total. The SMILES string of the molecule is CCCCCCCCCCCCCCCC.CN(C)C.Cl. The first-order valence-electron chi connectivity index (χ1n) is 9.26. The van der Waals surface area contributed by atoms with Crippen LogP contribution >= 0.6 is 12.4 Å². The van der Waals surface area contributed by atoms with Crippen LogP contribution in [-0.2, 0) is 0 Å². The van der Waals surface area contributed by atoms with Crippen molar-refractivity contribution in [1.29, 1.82) is 0 Å². The molecule has 0 bridgehead atoms. The second kappa shape index (κ2) is 25.2. The van der Waals surface area contributed by atoms with Crippen molar-refractivity contribution in [2.24, 2.45) is 0 Å². The van der Waals surface area contributed by atoms with E-state index in [1.54, 1.807) is 0 Å². The summed E-state index contributed by atoms with van der Waals surface area (Å²) in [6.45, 7) is 4.58. The van der Waals surface area contributed by atoms with Crippen LogP contribution in [0.25, 0.3) is 0 Å². The fourth-order valence-corrected chi connectivity index (χ4v) is 2.27. The highest BCUT2D eigenvalue weighted by atomic mass is 35.5. The maximum atomic E-state index is 2.29. The van der Waals surface area contributed by atoms with Crippen molar-refractivity contribution in [2.75, 3.05) is 21.1 Å². The Morgan fingerprint density at radius 3 is 0.714 bits per heavy atom. The van der Waals surface area contributed by atoms with Crippen LogP contribution in [0.5, 0.6) is 0 Å². The molecule has 0 radical (unpaired) electrons. The van der Waals surface area contributed by atoms with Gasteiger partial charge in [-0.25, -0.2) is 0 Å². The van der Waals surface area contributed by atoms with E-state index >= 15 is 0 Å². The zero-order chi connectivity index (χ0) is 15.5. The lowest BCUT2D eigenvalue weighted by molar-refractivity contribution is 0.505. The lowest BCUT2D eigenvalue weighted by Crippen LogP contribution is -1.99. The summed E-state index contributed by atoms with van der Waals surface area (Å²) >= 11 is 0. The van der Waals surface area contributed by atoms with Crippen molar-refractivity contribution in [3.8, 4) is 0 Å². The largest absolute Gasteiger partial charge is 0.312 e. The van der Waals surface area contributed by atoms with E-state index in [0.29, 0.717) is 0 Å². The highest BCUT2D eigenvalue weighted by molar-refractivity contribution is 5.85. The van der Waals surface area contributed by atoms with Crippen LogP contribution in [0.3, 0.4) is 0 Å². The van der Waals surface area contributed by atoms with Gasteiger partial charge in [0.2, 0.25) is 0 Å². The van der Waals surface area contributed by atoms with Crippen LogP contribution in [0.15, 0.2) is 0 Å². The molecule has 0 saturated carbocycles. The molecule has 132 valence electrons. The topological polar surface area (TPSA) is 3.24 Å². The normalized spacial score (nSPS) is 10.0. The predicted octanol–water partition coefficient (Wildman–Crippen LogP) is 7.09. The Bertz CT molecular complexity index is 132. The molecule has 21 heavy (non-hydrogen) atoms. The second-order valence-electron chi connectivity index (χ2n) is 6.58. The Labute approximate surface area is 142 Å². The van der Waals surface area contributed by atoms with Crippen molar-refractivity contribution in [1.82, 2.24) is 4.90 Å². The van der Waals surface area contributed by atoms with Gasteiger partial charge in [0, 0.05) is 0 Å². The molecule has 0 aromatic carbocycles. The maximum Gasteiger partial charge on any atom is -0.0140 e. The van der Waals surface area contributed by atoms with E-state index in [1.165, 1.54) is 89.9 Å². The highest BCUT2D eigenvalue weighted by Crippen LogP contribution is 2.12. The minimum Gasteiger partial charge on any atom is -0.312 e. The Hall–Kier alpha value is 0.250. The summed E-state index contributed by atoms with van der Waals surface area (Å²) in [5.74, 6) is 0. The van der Waals surface area contributed by atoms with E-state index in [0.717, 1.165) is 0 Å². The second-order valence-corrected chi connectivity index (χ2v) is 6.58. The van der Waals surface area contributed by atoms with Crippen molar-refractivity contribution in [3.05, 3.63) is 0 Å². The summed E-state index contributed by atoms with van der Waals surface area (Å²) in [6.07, 6.45) is 20.4. The van der Waals surface area contributed by atoms with Gasteiger partial charge in [-0.1, -0.05) is 104 Å². The molecule has 0 atom stereocenters. The minimum atomic E-state index is 0. The third-order valence-electron chi connectivity index (χ3n) is 3.46. The van der Waals surface area contributed by atoms with Crippen LogP contribution in [0.4, 0.5) is 0 Å².